The van der Waals surface area contributed by atoms with Crippen molar-refractivity contribution in [2.75, 3.05) is 13.1 Å². The molecule has 1 aliphatic heterocycles. The number of halogens is 1. The van der Waals surface area contributed by atoms with E-state index in [0.29, 0.717) is 16.8 Å². The molecule has 23 heavy (non-hydrogen) atoms. The van der Waals surface area contributed by atoms with Gasteiger partial charge < -0.3 is 4.98 Å². The Morgan fingerprint density at radius 2 is 2.04 bits per heavy atom. The van der Waals surface area contributed by atoms with Crippen molar-refractivity contribution in [2.45, 2.75) is 33.2 Å². The number of aromatic nitrogens is 2. The average molecular weight is 332 g/mol. The lowest BCUT2D eigenvalue weighted by Gasteiger charge is -2.28. The number of nitrogens with one attached hydrogen (secondary N) is 1. The Kier molecular flexibility index (Phi) is 4.83. The molecular formula is C18H22ClN3O. The van der Waals surface area contributed by atoms with Crippen LogP contribution in [-0.4, -0.2) is 28.0 Å². The van der Waals surface area contributed by atoms with Crippen LogP contribution < -0.4 is 5.56 Å². The molecule has 0 atom stereocenters. The molecule has 0 saturated heterocycles. The summed E-state index contributed by atoms with van der Waals surface area (Å²) in [6.07, 6.45) is 1.94. The van der Waals surface area contributed by atoms with Crippen LogP contribution in [-0.2, 0) is 13.0 Å². The van der Waals surface area contributed by atoms with Gasteiger partial charge in [-0.2, -0.15) is 0 Å². The molecule has 0 saturated carbocycles. The Hall–Kier alpha value is -1.65. The van der Waals surface area contributed by atoms with Crippen LogP contribution in [0.3, 0.4) is 0 Å². The third-order valence-electron chi connectivity index (χ3n) is 4.29. The minimum absolute atomic E-state index is 0.0107. The summed E-state index contributed by atoms with van der Waals surface area (Å²) in [6, 6.07) is 7.38. The van der Waals surface area contributed by atoms with E-state index in [4.69, 9.17) is 16.6 Å². The Balaban J connectivity index is 1.87. The summed E-state index contributed by atoms with van der Waals surface area (Å²) in [4.78, 5) is 22.4. The van der Waals surface area contributed by atoms with Crippen molar-refractivity contribution >= 4 is 11.6 Å². The highest BCUT2D eigenvalue weighted by Gasteiger charge is 2.21. The lowest BCUT2D eigenvalue weighted by molar-refractivity contribution is 0.235. The molecule has 0 aliphatic carbocycles. The molecule has 0 bridgehead atoms. The number of rotatable bonds is 4. The predicted octanol–water partition coefficient (Wildman–Crippen LogP) is 3.49. The van der Waals surface area contributed by atoms with Gasteiger partial charge >= 0.3 is 0 Å². The standard InChI is InChI=1S/C18H22ClN3O/c1-12(2)7-9-22-10-8-15-16(11-22)20-17(21-18(15)23)13-3-5-14(19)6-4-13/h3-6,12H,7-11H2,1-2H3,(H,20,21,23). The molecule has 1 aromatic carbocycles. The summed E-state index contributed by atoms with van der Waals surface area (Å²) in [5.41, 5.74) is 2.62. The molecule has 1 aromatic heterocycles. The molecule has 0 amide bonds. The Labute approximate surface area is 141 Å². The summed E-state index contributed by atoms with van der Waals surface area (Å²) in [7, 11) is 0. The minimum Gasteiger partial charge on any atom is -0.306 e. The van der Waals surface area contributed by atoms with Gasteiger partial charge in [-0.25, -0.2) is 4.98 Å². The van der Waals surface area contributed by atoms with E-state index in [-0.39, 0.29) is 5.56 Å². The van der Waals surface area contributed by atoms with E-state index in [1.165, 1.54) is 6.42 Å². The van der Waals surface area contributed by atoms with Crippen LogP contribution in [0.25, 0.3) is 11.4 Å². The smallest absolute Gasteiger partial charge is 0.254 e. The van der Waals surface area contributed by atoms with E-state index >= 15 is 0 Å². The highest BCUT2D eigenvalue weighted by molar-refractivity contribution is 6.30. The summed E-state index contributed by atoms with van der Waals surface area (Å²) in [5, 5.41) is 0.675. The second-order valence-electron chi connectivity index (χ2n) is 6.56. The molecule has 122 valence electrons. The summed E-state index contributed by atoms with van der Waals surface area (Å²) >= 11 is 5.93. The van der Waals surface area contributed by atoms with Gasteiger partial charge in [-0.1, -0.05) is 25.4 Å². The van der Waals surface area contributed by atoms with Crippen LogP contribution in [0.2, 0.25) is 5.02 Å². The molecule has 0 unspecified atom stereocenters. The first kappa shape index (κ1) is 16.2. The molecule has 2 heterocycles. The van der Waals surface area contributed by atoms with E-state index < -0.39 is 0 Å². The second kappa shape index (κ2) is 6.85. The molecule has 5 heteroatoms. The Morgan fingerprint density at radius 1 is 1.30 bits per heavy atom. The van der Waals surface area contributed by atoms with Crippen molar-refractivity contribution in [2.24, 2.45) is 5.92 Å². The van der Waals surface area contributed by atoms with E-state index in [1.54, 1.807) is 0 Å². The minimum atomic E-state index is -0.0107. The zero-order valence-corrected chi connectivity index (χ0v) is 14.4. The molecule has 4 nitrogen and oxygen atoms in total. The maximum Gasteiger partial charge on any atom is 0.254 e. The number of H-pyrrole nitrogens is 1. The summed E-state index contributed by atoms with van der Waals surface area (Å²) in [5.74, 6) is 1.31. The van der Waals surface area contributed by atoms with Crippen molar-refractivity contribution in [3.63, 3.8) is 0 Å². The fraction of sp³-hybridized carbons (Fsp3) is 0.444. The third kappa shape index (κ3) is 3.82. The number of fused-ring (bicyclic) bond motifs is 1. The fourth-order valence-electron chi connectivity index (χ4n) is 2.87. The lowest BCUT2D eigenvalue weighted by atomic mass is 10.0. The molecular weight excluding hydrogens is 310 g/mol. The average Bonchev–Trinajstić information content (AvgIpc) is 2.53. The van der Waals surface area contributed by atoms with Crippen molar-refractivity contribution in [3.05, 3.63) is 50.9 Å². The van der Waals surface area contributed by atoms with Crippen molar-refractivity contribution in [1.29, 1.82) is 0 Å². The van der Waals surface area contributed by atoms with E-state index in [2.05, 4.69) is 23.7 Å². The lowest BCUT2D eigenvalue weighted by Crippen LogP contribution is -2.36. The molecule has 0 fully saturated rings. The number of benzene rings is 1. The molecule has 0 radical (unpaired) electrons. The van der Waals surface area contributed by atoms with Crippen LogP contribution in [0.15, 0.2) is 29.1 Å². The van der Waals surface area contributed by atoms with Gasteiger partial charge in [0.15, 0.2) is 0 Å². The van der Waals surface area contributed by atoms with Crippen molar-refractivity contribution < 1.29 is 0 Å². The first-order chi connectivity index (χ1) is 11.0. The van der Waals surface area contributed by atoms with Gasteiger partial charge in [0.2, 0.25) is 0 Å². The van der Waals surface area contributed by atoms with Gasteiger partial charge in [0.1, 0.15) is 5.82 Å². The monoisotopic (exact) mass is 331 g/mol. The van der Waals surface area contributed by atoms with Crippen LogP contribution in [0, 0.1) is 5.92 Å². The highest BCUT2D eigenvalue weighted by Crippen LogP contribution is 2.21. The van der Waals surface area contributed by atoms with Crippen LogP contribution in [0.1, 0.15) is 31.5 Å². The SMILES string of the molecule is CC(C)CCN1CCc2c(nc(-c3ccc(Cl)cc3)[nH]c2=O)C1. The van der Waals surface area contributed by atoms with Gasteiger partial charge in [-0.15, -0.1) is 0 Å². The first-order valence-electron chi connectivity index (χ1n) is 8.13. The van der Waals surface area contributed by atoms with E-state index in [1.807, 2.05) is 24.3 Å². The highest BCUT2D eigenvalue weighted by atomic mass is 35.5. The van der Waals surface area contributed by atoms with Gasteiger partial charge in [-0.05, 0) is 49.6 Å². The number of hydrogen-bond acceptors (Lipinski definition) is 3. The van der Waals surface area contributed by atoms with Crippen LogP contribution in [0.5, 0.6) is 0 Å². The van der Waals surface area contributed by atoms with Gasteiger partial charge in [-0.3, -0.25) is 9.69 Å². The van der Waals surface area contributed by atoms with Crippen molar-refractivity contribution in [1.82, 2.24) is 14.9 Å². The molecule has 3 rings (SSSR count). The van der Waals surface area contributed by atoms with Gasteiger partial charge in [0, 0.05) is 29.2 Å². The Morgan fingerprint density at radius 3 is 2.74 bits per heavy atom. The topological polar surface area (TPSA) is 49.0 Å². The number of hydrogen-bond donors (Lipinski definition) is 1. The van der Waals surface area contributed by atoms with E-state index in [9.17, 15) is 4.79 Å². The number of aromatic amines is 1. The molecule has 0 spiro atoms. The summed E-state index contributed by atoms with van der Waals surface area (Å²) < 4.78 is 0. The maximum absolute atomic E-state index is 12.4. The fourth-order valence-corrected chi connectivity index (χ4v) is 3.00. The van der Waals surface area contributed by atoms with Crippen molar-refractivity contribution in [3.8, 4) is 11.4 Å². The second-order valence-corrected chi connectivity index (χ2v) is 6.99. The summed E-state index contributed by atoms with van der Waals surface area (Å²) in [6.45, 7) is 7.22. The molecule has 1 N–H and O–H groups in total. The maximum atomic E-state index is 12.4. The number of nitrogens with zero attached hydrogens (tertiary/aromatic N) is 2. The van der Waals surface area contributed by atoms with Crippen LogP contribution in [0.4, 0.5) is 0 Å². The zero-order valence-electron chi connectivity index (χ0n) is 13.6. The van der Waals surface area contributed by atoms with E-state index in [0.717, 1.165) is 42.9 Å². The third-order valence-corrected chi connectivity index (χ3v) is 4.54. The normalized spacial score (nSPS) is 15.0. The molecule has 2 aromatic rings. The van der Waals surface area contributed by atoms with Gasteiger partial charge in [0.05, 0.1) is 5.69 Å². The predicted molar refractivity (Wildman–Crippen MR) is 93.7 cm³/mol. The zero-order chi connectivity index (χ0) is 16.4. The Bertz CT molecular complexity index is 737. The largest absolute Gasteiger partial charge is 0.306 e. The first-order valence-corrected chi connectivity index (χ1v) is 8.51. The van der Waals surface area contributed by atoms with Gasteiger partial charge in [0.25, 0.3) is 5.56 Å². The quantitative estimate of drug-likeness (QED) is 0.933. The van der Waals surface area contributed by atoms with Crippen LogP contribution >= 0.6 is 11.6 Å². The molecule has 1 aliphatic rings.